The van der Waals surface area contributed by atoms with Crippen LogP contribution in [0.5, 0.6) is 0 Å². The third-order valence-corrected chi connectivity index (χ3v) is 5.34. The van der Waals surface area contributed by atoms with E-state index in [-0.39, 0.29) is 33.5 Å². The molecule has 1 aliphatic carbocycles. The summed E-state index contributed by atoms with van der Waals surface area (Å²) < 4.78 is 62.8. The molecule has 4 rings (SSSR count). The first-order valence-corrected chi connectivity index (χ1v) is 10.5. The molecule has 2 aromatic heterocycles. The highest BCUT2D eigenvalue weighted by Crippen LogP contribution is 2.43. The molecule has 33 heavy (non-hydrogen) atoms. The van der Waals surface area contributed by atoms with Crippen molar-refractivity contribution in [3.8, 4) is 22.4 Å². The second-order valence-corrected chi connectivity index (χ2v) is 8.94. The summed E-state index contributed by atoms with van der Waals surface area (Å²) in [5, 5.41) is 13.8. The Hall–Kier alpha value is -2.85. The van der Waals surface area contributed by atoms with E-state index < -0.39 is 41.4 Å². The molecule has 3 aromatic rings. The first-order chi connectivity index (χ1) is 15.4. The maximum Gasteiger partial charge on any atom is 0.433 e. The Morgan fingerprint density at radius 3 is 2.58 bits per heavy atom. The summed E-state index contributed by atoms with van der Waals surface area (Å²) in [7, 11) is 0. The number of carbonyl (C=O) groups is 1. The van der Waals surface area contributed by atoms with Crippen LogP contribution in [0.25, 0.3) is 22.4 Å². The predicted molar refractivity (Wildman–Crippen MR) is 112 cm³/mol. The summed E-state index contributed by atoms with van der Waals surface area (Å²) in [5.41, 5.74) is -3.76. The lowest BCUT2D eigenvalue weighted by Crippen LogP contribution is -2.29. The number of ether oxygens (including phenoxy) is 1. The first-order valence-electron chi connectivity index (χ1n) is 10.1. The normalized spacial score (nSPS) is 14.5. The number of nitrogens with zero attached hydrogens (tertiary/aromatic N) is 2. The van der Waals surface area contributed by atoms with Crippen LogP contribution in [0.15, 0.2) is 30.6 Å². The molecule has 1 aromatic carbocycles. The van der Waals surface area contributed by atoms with Gasteiger partial charge in [-0.25, -0.2) is 9.18 Å². The van der Waals surface area contributed by atoms with Crippen LogP contribution < -0.4 is 0 Å². The molecule has 1 saturated carbocycles. The third-order valence-electron chi connectivity index (χ3n) is 5.03. The van der Waals surface area contributed by atoms with Crippen LogP contribution >= 0.6 is 11.6 Å². The van der Waals surface area contributed by atoms with Gasteiger partial charge in [0.25, 0.3) is 0 Å². The van der Waals surface area contributed by atoms with Gasteiger partial charge in [0.15, 0.2) is 5.69 Å². The van der Waals surface area contributed by atoms with Crippen molar-refractivity contribution >= 4 is 17.6 Å². The largest absolute Gasteiger partial charge is 0.459 e. The van der Waals surface area contributed by atoms with Crippen LogP contribution in [0.4, 0.5) is 17.6 Å². The molecule has 0 unspecified atom stereocenters. The highest BCUT2D eigenvalue weighted by atomic mass is 35.5. The zero-order valence-corrected chi connectivity index (χ0v) is 18.4. The lowest BCUT2D eigenvalue weighted by atomic mass is 9.99. The average molecular weight is 486 g/mol. The van der Waals surface area contributed by atoms with Crippen LogP contribution in [0.1, 0.15) is 42.7 Å². The molecule has 2 heterocycles. The smallest absolute Gasteiger partial charge is 0.433 e. The van der Waals surface area contributed by atoms with Gasteiger partial charge in [0.1, 0.15) is 11.9 Å². The summed E-state index contributed by atoms with van der Waals surface area (Å²) in [6.07, 6.45) is -1.77. The number of aliphatic hydroxyl groups is 1. The molecule has 0 amide bonds. The summed E-state index contributed by atoms with van der Waals surface area (Å²) in [4.78, 5) is 15.7. The number of rotatable bonds is 6. The Morgan fingerprint density at radius 2 is 2.00 bits per heavy atom. The molecule has 0 spiro atoms. The predicted octanol–water partition coefficient (Wildman–Crippen LogP) is 5.45. The van der Waals surface area contributed by atoms with E-state index in [4.69, 9.17) is 16.3 Å². The summed E-state index contributed by atoms with van der Waals surface area (Å²) >= 11 is 6.16. The van der Waals surface area contributed by atoms with E-state index in [1.807, 2.05) is 0 Å². The minimum atomic E-state index is -4.87. The SMILES string of the molecule is CC(C)(O)Cn1ncc(-c2[nH]cc(-c3c(F)cccc3Cl)c2C(=O)OC2CC2)c1C(F)(F)F. The molecular weight excluding hydrogens is 466 g/mol. The number of nitrogens with one attached hydrogen (secondary N) is 1. The topological polar surface area (TPSA) is 80.1 Å². The standard InChI is InChI=1S/C22H20ClF4N3O3/c1-21(2,32)10-30-19(22(25,26)27)13(9-29-30)18-17(20(31)33-11-6-7-11)12(8-28-18)16-14(23)4-3-5-15(16)24/h3-5,8-9,11,28,32H,6-7,10H2,1-2H3. The van der Waals surface area contributed by atoms with Crippen molar-refractivity contribution in [2.45, 2.75) is 51.1 Å². The second kappa shape index (κ2) is 8.18. The van der Waals surface area contributed by atoms with Crippen LogP contribution in [0, 0.1) is 5.82 Å². The number of aromatic nitrogens is 3. The number of halogens is 5. The number of benzene rings is 1. The van der Waals surface area contributed by atoms with E-state index in [9.17, 15) is 27.5 Å². The van der Waals surface area contributed by atoms with E-state index >= 15 is 0 Å². The van der Waals surface area contributed by atoms with Crippen molar-refractivity contribution in [2.24, 2.45) is 0 Å². The summed E-state index contributed by atoms with van der Waals surface area (Å²) in [6, 6.07) is 3.91. The number of H-pyrrole nitrogens is 1. The van der Waals surface area contributed by atoms with Crippen LogP contribution in [-0.2, 0) is 17.5 Å². The fourth-order valence-corrected chi connectivity index (χ4v) is 3.81. The number of hydrogen-bond donors (Lipinski definition) is 2. The molecule has 0 aliphatic heterocycles. The van der Waals surface area contributed by atoms with Crippen molar-refractivity contribution in [1.82, 2.24) is 14.8 Å². The number of carbonyl (C=O) groups excluding carboxylic acids is 1. The van der Waals surface area contributed by atoms with Gasteiger partial charge in [-0.15, -0.1) is 0 Å². The van der Waals surface area contributed by atoms with E-state index in [0.29, 0.717) is 17.5 Å². The van der Waals surface area contributed by atoms with Crippen molar-refractivity contribution < 1.29 is 32.2 Å². The number of esters is 1. The van der Waals surface area contributed by atoms with Gasteiger partial charge in [0, 0.05) is 22.9 Å². The van der Waals surface area contributed by atoms with Crippen LogP contribution in [-0.4, -0.2) is 37.5 Å². The Labute approximate surface area is 191 Å². The minimum absolute atomic E-state index is 0.0187. The van der Waals surface area contributed by atoms with Crippen molar-refractivity contribution in [3.05, 3.63) is 52.7 Å². The molecule has 0 radical (unpaired) electrons. The minimum Gasteiger partial charge on any atom is -0.459 e. The zero-order chi connectivity index (χ0) is 24.1. The third kappa shape index (κ3) is 4.77. The molecule has 11 heteroatoms. The molecule has 0 saturated heterocycles. The first kappa shape index (κ1) is 23.3. The lowest BCUT2D eigenvalue weighted by molar-refractivity contribution is -0.144. The fraction of sp³-hybridized carbons (Fsp3) is 0.364. The Morgan fingerprint density at radius 1 is 1.30 bits per heavy atom. The van der Waals surface area contributed by atoms with Gasteiger partial charge < -0.3 is 14.8 Å². The number of alkyl halides is 3. The Balaban J connectivity index is 1.94. The molecule has 0 atom stereocenters. The molecule has 1 aliphatic rings. The van der Waals surface area contributed by atoms with E-state index in [1.54, 1.807) is 0 Å². The molecule has 2 N–H and O–H groups in total. The lowest BCUT2D eigenvalue weighted by Gasteiger charge is -2.20. The van der Waals surface area contributed by atoms with Gasteiger partial charge >= 0.3 is 12.1 Å². The van der Waals surface area contributed by atoms with Gasteiger partial charge in [-0.3, -0.25) is 4.68 Å². The average Bonchev–Trinajstić information content (AvgIpc) is 3.21. The molecule has 0 bridgehead atoms. The van der Waals surface area contributed by atoms with Crippen molar-refractivity contribution in [3.63, 3.8) is 0 Å². The summed E-state index contributed by atoms with van der Waals surface area (Å²) in [6.45, 7) is 2.25. The van der Waals surface area contributed by atoms with Gasteiger partial charge in [-0.2, -0.15) is 18.3 Å². The molecular formula is C22H20ClF4N3O3. The quantitative estimate of drug-likeness (QED) is 0.359. The fourth-order valence-electron chi connectivity index (χ4n) is 3.55. The van der Waals surface area contributed by atoms with E-state index in [0.717, 1.165) is 12.3 Å². The van der Waals surface area contributed by atoms with Crippen LogP contribution in [0.2, 0.25) is 5.02 Å². The Kier molecular flexibility index (Phi) is 5.78. The van der Waals surface area contributed by atoms with E-state index in [1.165, 1.54) is 32.2 Å². The molecule has 176 valence electrons. The van der Waals surface area contributed by atoms with Crippen molar-refractivity contribution in [2.75, 3.05) is 0 Å². The van der Waals surface area contributed by atoms with E-state index in [2.05, 4.69) is 10.1 Å². The maximum atomic E-state index is 14.6. The highest BCUT2D eigenvalue weighted by Gasteiger charge is 2.41. The van der Waals surface area contributed by atoms with Crippen LogP contribution in [0.3, 0.4) is 0 Å². The van der Waals surface area contributed by atoms with Gasteiger partial charge in [-0.1, -0.05) is 17.7 Å². The van der Waals surface area contributed by atoms with Gasteiger partial charge in [0.05, 0.1) is 34.6 Å². The molecule has 1 fully saturated rings. The monoisotopic (exact) mass is 485 g/mol. The maximum absolute atomic E-state index is 14.6. The number of hydrogen-bond acceptors (Lipinski definition) is 4. The second-order valence-electron chi connectivity index (χ2n) is 8.53. The molecule has 6 nitrogen and oxygen atoms in total. The Bertz CT molecular complexity index is 1190. The number of aromatic amines is 1. The van der Waals surface area contributed by atoms with Gasteiger partial charge in [-0.05, 0) is 38.8 Å². The summed E-state index contributed by atoms with van der Waals surface area (Å²) in [5.74, 6) is -1.64. The van der Waals surface area contributed by atoms with Crippen molar-refractivity contribution in [1.29, 1.82) is 0 Å². The van der Waals surface area contributed by atoms with Gasteiger partial charge in [0.2, 0.25) is 0 Å². The highest BCUT2D eigenvalue weighted by molar-refractivity contribution is 6.33. The zero-order valence-electron chi connectivity index (χ0n) is 17.6.